The standard InChI is InChI=1S/C11H17NO/c1-9-5-12(6-10(9)2)7-11-3-4-13-8-11/h3-4,8-10H,5-7H2,1-2H3. The number of nitrogens with zero attached hydrogens (tertiary/aromatic N) is 1. The van der Waals surface area contributed by atoms with E-state index in [1.165, 1.54) is 18.7 Å². The van der Waals surface area contributed by atoms with Gasteiger partial charge >= 0.3 is 0 Å². The molecule has 2 unspecified atom stereocenters. The minimum Gasteiger partial charge on any atom is -0.472 e. The number of rotatable bonds is 2. The van der Waals surface area contributed by atoms with Crippen LogP contribution < -0.4 is 0 Å². The number of furan rings is 1. The molecule has 2 heteroatoms. The van der Waals surface area contributed by atoms with Crippen LogP contribution in [0, 0.1) is 11.8 Å². The third kappa shape index (κ3) is 1.94. The second kappa shape index (κ2) is 3.54. The molecule has 1 aliphatic rings. The Labute approximate surface area is 79.5 Å². The maximum atomic E-state index is 5.05. The second-order valence-electron chi connectivity index (χ2n) is 4.28. The van der Waals surface area contributed by atoms with E-state index in [1.54, 1.807) is 6.26 Å². The average molecular weight is 179 g/mol. The Morgan fingerprint density at radius 3 is 2.62 bits per heavy atom. The molecule has 0 aromatic carbocycles. The zero-order chi connectivity index (χ0) is 9.26. The van der Waals surface area contributed by atoms with Crippen LogP contribution in [-0.2, 0) is 6.54 Å². The molecule has 1 aromatic rings. The van der Waals surface area contributed by atoms with Gasteiger partial charge in [-0.15, -0.1) is 0 Å². The molecule has 2 rings (SSSR count). The Morgan fingerprint density at radius 2 is 2.08 bits per heavy atom. The zero-order valence-electron chi connectivity index (χ0n) is 8.36. The van der Waals surface area contributed by atoms with Gasteiger partial charge in [0.1, 0.15) is 0 Å². The fourth-order valence-corrected chi connectivity index (χ4v) is 2.02. The molecule has 0 spiro atoms. The number of hydrogen-bond donors (Lipinski definition) is 0. The SMILES string of the molecule is CC1CN(Cc2ccoc2)CC1C. The van der Waals surface area contributed by atoms with Crippen molar-refractivity contribution in [2.45, 2.75) is 20.4 Å². The van der Waals surface area contributed by atoms with Crippen molar-refractivity contribution in [1.29, 1.82) is 0 Å². The smallest absolute Gasteiger partial charge is 0.0947 e. The van der Waals surface area contributed by atoms with Gasteiger partial charge in [0.2, 0.25) is 0 Å². The first-order chi connectivity index (χ1) is 6.25. The molecule has 13 heavy (non-hydrogen) atoms. The van der Waals surface area contributed by atoms with Crippen LogP contribution in [0.5, 0.6) is 0 Å². The topological polar surface area (TPSA) is 16.4 Å². The summed E-state index contributed by atoms with van der Waals surface area (Å²) in [4.78, 5) is 2.50. The summed E-state index contributed by atoms with van der Waals surface area (Å²) in [6.07, 6.45) is 3.59. The van der Waals surface area contributed by atoms with E-state index in [1.807, 2.05) is 12.3 Å². The minimum atomic E-state index is 0.840. The van der Waals surface area contributed by atoms with Crippen LogP contribution in [0.15, 0.2) is 23.0 Å². The van der Waals surface area contributed by atoms with Crippen LogP contribution in [0.25, 0.3) is 0 Å². The van der Waals surface area contributed by atoms with E-state index in [0.717, 1.165) is 18.4 Å². The molecule has 72 valence electrons. The van der Waals surface area contributed by atoms with E-state index >= 15 is 0 Å². The molecule has 0 radical (unpaired) electrons. The van der Waals surface area contributed by atoms with Gasteiger partial charge in [-0.3, -0.25) is 4.90 Å². The first-order valence-electron chi connectivity index (χ1n) is 4.99. The molecule has 0 N–H and O–H groups in total. The highest BCUT2D eigenvalue weighted by Crippen LogP contribution is 2.23. The third-order valence-electron chi connectivity index (χ3n) is 3.05. The molecule has 2 nitrogen and oxygen atoms in total. The van der Waals surface area contributed by atoms with E-state index in [2.05, 4.69) is 18.7 Å². The monoisotopic (exact) mass is 179 g/mol. The van der Waals surface area contributed by atoms with Crippen LogP contribution in [0.3, 0.4) is 0 Å². The van der Waals surface area contributed by atoms with Crippen LogP contribution in [-0.4, -0.2) is 18.0 Å². The van der Waals surface area contributed by atoms with Crippen molar-refractivity contribution in [3.05, 3.63) is 24.2 Å². The van der Waals surface area contributed by atoms with Gasteiger partial charge in [0, 0.05) is 25.2 Å². The summed E-state index contributed by atoms with van der Waals surface area (Å²) in [5.74, 6) is 1.68. The summed E-state index contributed by atoms with van der Waals surface area (Å²) in [7, 11) is 0. The number of hydrogen-bond acceptors (Lipinski definition) is 2. The van der Waals surface area contributed by atoms with Gasteiger partial charge in [-0.1, -0.05) is 13.8 Å². The van der Waals surface area contributed by atoms with Gasteiger partial charge in [0.05, 0.1) is 12.5 Å². The molecule has 1 saturated heterocycles. The summed E-state index contributed by atoms with van der Waals surface area (Å²) in [6, 6.07) is 2.05. The van der Waals surface area contributed by atoms with Crippen LogP contribution in [0.2, 0.25) is 0 Å². The first kappa shape index (κ1) is 8.82. The van der Waals surface area contributed by atoms with Crippen molar-refractivity contribution < 1.29 is 4.42 Å². The Bertz CT molecular complexity index is 245. The maximum absolute atomic E-state index is 5.05. The fraction of sp³-hybridized carbons (Fsp3) is 0.636. The van der Waals surface area contributed by atoms with Crippen molar-refractivity contribution >= 4 is 0 Å². The highest BCUT2D eigenvalue weighted by atomic mass is 16.3. The van der Waals surface area contributed by atoms with Crippen LogP contribution >= 0.6 is 0 Å². The molecular formula is C11H17NO. The molecular weight excluding hydrogens is 162 g/mol. The van der Waals surface area contributed by atoms with E-state index in [0.29, 0.717) is 0 Å². The molecule has 0 aliphatic carbocycles. The zero-order valence-corrected chi connectivity index (χ0v) is 8.36. The summed E-state index contributed by atoms with van der Waals surface area (Å²) >= 11 is 0. The molecule has 0 amide bonds. The van der Waals surface area contributed by atoms with Gasteiger partial charge in [-0.25, -0.2) is 0 Å². The lowest BCUT2D eigenvalue weighted by atomic mass is 10.0. The molecule has 0 bridgehead atoms. The number of likely N-dealkylation sites (tertiary alicyclic amines) is 1. The Morgan fingerprint density at radius 1 is 1.38 bits per heavy atom. The van der Waals surface area contributed by atoms with Gasteiger partial charge in [-0.05, 0) is 17.9 Å². The summed E-state index contributed by atoms with van der Waals surface area (Å²) in [6.45, 7) is 8.17. The lowest BCUT2D eigenvalue weighted by Gasteiger charge is -2.13. The summed E-state index contributed by atoms with van der Waals surface area (Å²) in [5.41, 5.74) is 1.29. The summed E-state index contributed by atoms with van der Waals surface area (Å²) in [5, 5.41) is 0. The van der Waals surface area contributed by atoms with Crippen molar-refractivity contribution in [2.75, 3.05) is 13.1 Å². The van der Waals surface area contributed by atoms with Crippen molar-refractivity contribution in [3.63, 3.8) is 0 Å². The molecule has 2 atom stereocenters. The Kier molecular flexibility index (Phi) is 2.40. The van der Waals surface area contributed by atoms with E-state index in [9.17, 15) is 0 Å². The van der Waals surface area contributed by atoms with Crippen molar-refractivity contribution in [2.24, 2.45) is 11.8 Å². The first-order valence-corrected chi connectivity index (χ1v) is 4.99. The van der Waals surface area contributed by atoms with E-state index < -0.39 is 0 Å². The Hall–Kier alpha value is -0.760. The fourth-order valence-electron chi connectivity index (χ4n) is 2.02. The molecule has 1 fully saturated rings. The largest absolute Gasteiger partial charge is 0.472 e. The highest BCUT2D eigenvalue weighted by Gasteiger charge is 2.25. The molecule has 1 aliphatic heterocycles. The third-order valence-corrected chi connectivity index (χ3v) is 3.05. The quantitative estimate of drug-likeness (QED) is 0.693. The van der Waals surface area contributed by atoms with Gasteiger partial charge in [0.25, 0.3) is 0 Å². The molecule has 2 heterocycles. The Balaban J connectivity index is 1.91. The van der Waals surface area contributed by atoms with Crippen LogP contribution in [0.1, 0.15) is 19.4 Å². The molecule has 0 saturated carbocycles. The van der Waals surface area contributed by atoms with Crippen molar-refractivity contribution in [1.82, 2.24) is 4.90 Å². The highest BCUT2D eigenvalue weighted by molar-refractivity contribution is 5.05. The van der Waals surface area contributed by atoms with E-state index in [4.69, 9.17) is 4.42 Å². The predicted octanol–water partition coefficient (Wildman–Crippen LogP) is 2.37. The average Bonchev–Trinajstić information content (AvgIpc) is 2.64. The normalized spacial score (nSPS) is 29.7. The van der Waals surface area contributed by atoms with E-state index in [-0.39, 0.29) is 0 Å². The maximum Gasteiger partial charge on any atom is 0.0947 e. The van der Waals surface area contributed by atoms with Crippen molar-refractivity contribution in [3.8, 4) is 0 Å². The molecule has 1 aromatic heterocycles. The van der Waals surface area contributed by atoms with Gasteiger partial charge in [0.15, 0.2) is 0 Å². The van der Waals surface area contributed by atoms with Gasteiger partial charge < -0.3 is 4.42 Å². The van der Waals surface area contributed by atoms with Crippen LogP contribution in [0.4, 0.5) is 0 Å². The predicted molar refractivity (Wildman–Crippen MR) is 52.3 cm³/mol. The van der Waals surface area contributed by atoms with Gasteiger partial charge in [-0.2, -0.15) is 0 Å². The second-order valence-corrected chi connectivity index (χ2v) is 4.28. The summed E-state index contributed by atoms with van der Waals surface area (Å²) < 4.78 is 5.05. The lowest BCUT2D eigenvalue weighted by Crippen LogP contribution is -2.19. The lowest BCUT2D eigenvalue weighted by molar-refractivity contribution is 0.315. The minimum absolute atomic E-state index is 0.840.